The van der Waals surface area contributed by atoms with E-state index in [0.717, 1.165) is 50.5 Å². The number of benzene rings is 1. The zero-order valence-corrected chi connectivity index (χ0v) is 17.8. The molecule has 1 aliphatic rings. The van der Waals surface area contributed by atoms with Gasteiger partial charge in [0, 0.05) is 17.7 Å². The van der Waals surface area contributed by atoms with Crippen molar-refractivity contribution in [2.75, 3.05) is 0 Å². The molecule has 4 heteroatoms. The quantitative estimate of drug-likeness (QED) is 0.233. The molecule has 2 N–H and O–H groups in total. The van der Waals surface area contributed by atoms with Crippen molar-refractivity contribution in [3.63, 3.8) is 0 Å². The maximum Gasteiger partial charge on any atom is 0.303 e. The van der Waals surface area contributed by atoms with Gasteiger partial charge in [0.05, 0.1) is 6.10 Å². The van der Waals surface area contributed by atoms with Gasteiger partial charge in [0.15, 0.2) is 0 Å². The summed E-state index contributed by atoms with van der Waals surface area (Å²) in [6, 6.07) is 8.42. The average Bonchev–Trinajstić information content (AvgIpc) is 3.05. The summed E-state index contributed by atoms with van der Waals surface area (Å²) < 4.78 is 0. The van der Waals surface area contributed by atoms with E-state index < -0.39 is 5.97 Å². The van der Waals surface area contributed by atoms with Crippen LogP contribution in [0.1, 0.15) is 94.3 Å². The van der Waals surface area contributed by atoms with Crippen molar-refractivity contribution in [1.82, 2.24) is 0 Å². The Kier molecular flexibility index (Phi) is 10.1. The van der Waals surface area contributed by atoms with Gasteiger partial charge in [-0.25, -0.2) is 0 Å². The Morgan fingerprint density at radius 2 is 1.93 bits per heavy atom. The van der Waals surface area contributed by atoms with E-state index in [9.17, 15) is 9.90 Å². The second kappa shape index (κ2) is 12.3. The van der Waals surface area contributed by atoms with Crippen molar-refractivity contribution in [3.05, 3.63) is 47.5 Å². The Hall–Kier alpha value is -1.32. The number of aliphatic hydroxyl groups is 1. The van der Waals surface area contributed by atoms with Crippen molar-refractivity contribution < 1.29 is 15.0 Å². The molecule has 0 spiro atoms. The fourth-order valence-corrected chi connectivity index (χ4v) is 4.71. The van der Waals surface area contributed by atoms with Crippen LogP contribution in [0.4, 0.5) is 0 Å². The molecule has 1 aliphatic carbocycles. The summed E-state index contributed by atoms with van der Waals surface area (Å²) >= 11 is 6.65. The summed E-state index contributed by atoms with van der Waals surface area (Å²) in [5.74, 6) is 0.142. The van der Waals surface area contributed by atoms with Crippen LogP contribution in [0, 0.1) is 5.92 Å². The largest absolute Gasteiger partial charge is 0.481 e. The molecule has 1 saturated carbocycles. The summed E-state index contributed by atoms with van der Waals surface area (Å²) in [6.07, 6.45) is 13.0. The lowest BCUT2D eigenvalue weighted by Crippen LogP contribution is -2.13. The summed E-state index contributed by atoms with van der Waals surface area (Å²) in [7, 11) is 0. The standard InChI is InChI=1S/C24H35ClO3/c1-2-3-6-10-22(26)18-12-14-20(15-13-18)24-19(16-17-21(24)25)9-7-4-5-8-11-23(27)28/h4,7,12-15,19,21-22,24,26H,2-3,5-6,8-11,16-17H2,1H3,(H,27,28)/b7-4-/t19?,21-,22-,24+/m1/s1. The van der Waals surface area contributed by atoms with E-state index in [1.165, 1.54) is 12.0 Å². The van der Waals surface area contributed by atoms with Crippen molar-refractivity contribution in [1.29, 1.82) is 0 Å². The number of hydrogen-bond acceptors (Lipinski definition) is 2. The molecule has 0 aliphatic heterocycles. The number of alkyl halides is 1. The summed E-state index contributed by atoms with van der Waals surface area (Å²) in [4.78, 5) is 10.6. The SMILES string of the molecule is CCCCC[C@@H](O)c1ccc([C@@H]2C(C/C=C\CCCC(=O)O)CC[C@H]2Cl)cc1. The molecular weight excluding hydrogens is 372 g/mol. The van der Waals surface area contributed by atoms with Crippen LogP contribution >= 0.6 is 11.6 Å². The third-order valence-electron chi connectivity index (χ3n) is 5.86. The Bertz CT molecular complexity index is 611. The van der Waals surface area contributed by atoms with Crippen molar-refractivity contribution >= 4 is 17.6 Å². The molecule has 0 heterocycles. The first-order valence-electron chi connectivity index (χ1n) is 10.8. The highest BCUT2D eigenvalue weighted by Gasteiger charge is 2.35. The third-order valence-corrected chi connectivity index (χ3v) is 6.35. The van der Waals surface area contributed by atoms with Crippen LogP contribution in [0.5, 0.6) is 0 Å². The first-order valence-corrected chi connectivity index (χ1v) is 11.2. The van der Waals surface area contributed by atoms with Gasteiger partial charge in [-0.3, -0.25) is 4.79 Å². The van der Waals surface area contributed by atoms with Crippen LogP contribution in [0.25, 0.3) is 0 Å². The predicted octanol–water partition coefficient (Wildman–Crippen LogP) is 6.60. The Morgan fingerprint density at radius 3 is 2.61 bits per heavy atom. The van der Waals surface area contributed by atoms with Gasteiger partial charge in [-0.05, 0) is 55.6 Å². The van der Waals surface area contributed by atoms with E-state index in [4.69, 9.17) is 16.7 Å². The predicted molar refractivity (Wildman–Crippen MR) is 116 cm³/mol. The number of hydrogen-bond donors (Lipinski definition) is 2. The Morgan fingerprint density at radius 1 is 1.18 bits per heavy atom. The van der Waals surface area contributed by atoms with Gasteiger partial charge in [-0.15, -0.1) is 11.6 Å². The molecule has 28 heavy (non-hydrogen) atoms. The molecule has 0 bridgehead atoms. The van der Waals surface area contributed by atoms with Crippen molar-refractivity contribution in [2.45, 2.75) is 88.5 Å². The fraction of sp³-hybridized carbons (Fsp3) is 0.625. The van der Waals surface area contributed by atoms with E-state index in [-0.39, 0.29) is 17.9 Å². The van der Waals surface area contributed by atoms with E-state index in [1.54, 1.807) is 0 Å². The summed E-state index contributed by atoms with van der Waals surface area (Å²) in [6.45, 7) is 2.17. The minimum absolute atomic E-state index is 0.158. The highest BCUT2D eigenvalue weighted by Crippen LogP contribution is 2.45. The number of aliphatic carboxylic acids is 1. The van der Waals surface area contributed by atoms with Gasteiger partial charge >= 0.3 is 5.97 Å². The van der Waals surface area contributed by atoms with E-state index in [2.05, 4.69) is 43.3 Å². The Balaban J connectivity index is 1.90. The zero-order valence-electron chi connectivity index (χ0n) is 17.0. The first-order chi connectivity index (χ1) is 13.5. The summed E-state index contributed by atoms with van der Waals surface area (Å²) in [5, 5.41) is 19.2. The first kappa shape index (κ1) is 23.0. The molecule has 1 fully saturated rings. The molecule has 1 aromatic carbocycles. The van der Waals surface area contributed by atoms with Gasteiger partial charge in [-0.2, -0.15) is 0 Å². The van der Waals surface area contributed by atoms with Crippen LogP contribution in [-0.4, -0.2) is 21.6 Å². The number of aliphatic hydroxyl groups excluding tert-OH is 1. The van der Waals surface area contributed by atoms with Crippen LogP contribution in [0.15, 0.2) is 36.4 Å². The van der Waals surface area contributed by atoms with Crippen molar-refractivity contribution in [3.8, 4) is 0 Å². The molecule has 2 rings (SSSR count). The van der Waals surface area contributed by atoms with E-state index in [0.29, 0.717) is 18.3 Å². The number of carboxylic acids is 1. The van der Waals surface area contributed by atoms with Gasteiger partial charge in [-0.1, -0.05) is 62.6 Å². The molecule has 0 saturated heterocycles. The molecule has 0 aromatic heterocycles. The lowest BCUT2D eigenvalue weighted by Gasteiger charge is -2.22. The van der Waals surface area contributed by atoms with Crippen LogP contribution < -0.4 is 0 Å². The van der Waals surface area contributed by atoms with E-state index in [1.807, 2.05) is 0 Å². The molecule has 156 valence electrons. The van der Waals surface area contributed by atoms with Gasteiger partial charge < -0.3 is 10.2 Å². The van der Waals surface area contributed by atoms with E-state index >= 15 is 0 Å². The highest BCUT2D eigenvalue weighted by molar-refractivity contribution is 6.21. The molecule has 0 radical (unpaired) electrons. The normalized spacial score (nSPS) is 23.3. The van der Waals surface area contributed by atoms with Crippen LogP contribution in [0.2, 0.25) is 0 Å². The topological polar surface area (TPSA) is 57.5 Å². The fourth-order valence-electron chi connectivity index (χ4n) is 4.23. The molecule has 4 atom stereocenters. The second-order valence-electron chi connectivity index (χ2n) is 8.05. The number of halogens is 1. The highest BCUT2D eigenvalue weighted by atomic mass is 35.5. The lowest BCUT2D eigenvalue weighted by atomic mass is 9.85. The summed E-state index contributed by atoms with van der Waals surface area (Å²) in [5.41, 5.74) is 2.27. The maximum atomic E-state index is 10.6. The molecule has 0 amide bonds. The minimum atomic E-state index is -0.729. The van der Waals surface area contributed by atoms with Crippen LogP contribution in [0.3, 0.4) is 0 Å². The smallest absolute Gasteiger partial charge is 0.303 e. The number of allylic oxidation sites excluding steroid dienone is 2. The zero-order chi connectivity index (χ0) is 20.4. The number of carboxylic acid groups (broad SMARTS) is 1. The molecular formula is C24H35ClO3. The number of unbranched alkanes of at least 4 members (excludes halogenated alkanes) is 3. The number of carbonyl (C=O) groups is 1. The molecule has 1 unspecified atom stereocenters. The Labute approximate surface area is 174 Å². The maximum absolute atomic E-state index is 10.6. The second-order valence-corrected chi connectivity index (χ2v) is 8.61. The third kappa shape index (κ3) is 7.25. The lowest BCUT2D eigenvalue weighted by molar-refractivity contribution is -0.137. The number of rotatable bonds is 12. The van der Waals surface area contributed by atoms with Gasteiger partial charge in [0.1, 0.15) is 0 Å². The monoisotopic (exact) mass is 406 g/mol. The molecule has 3 nitrogen and oxygen atoms in total. The average molecular weight is 407 g/mol. The van der Waals surface area contributed by atoms with Crippen LogP contribution in [-0.2, 0) is 4.79 Å². The van der Waals surface area contributed by atoms with Crippen molar-refractivity contribution in [2.24, 2.45) is 5.92 Å². The molecule has 1 aromatic rings. The van der Waals surface area contributed by atoms with Gasteiger partial charge in [0.2, 0.25) is 0 Å². The minimum Gasteiger partial charge on any atom is -0.481 e. The van der Waals surface area contributed by atoms with Gasteiger partial charge in [0.25, 0.3) is 0 Å².